The molecule has 0 unspecified atom stereocenters. The number of halogens is 1. The maximum Gasteiger partial charge on any atom is 0.322 e. The summed E-state index contributed by atoms with van der Waals surface area (Å²) < 4.78 is 5.40. The van der Waals surface area contributed by atoms with E-state index < -0.39 is 5.91 Å². The van der Waals surface area contributed by atoms with Gasteiger partial charge in [-0.2, -0.15) is 15.0 Å². The monoisotopic (exact) mass is 313 g/mol. The van der Waals surface area contributed by atoms with Gasteiger partial charge in [0, 0.05) is 6.04 Å². The third-order valence-electron chi connectivity index (χ3n) is 3.36. The van der Waals surface area contributed by atoms with Crippen LogP contribution in [0.25, 0.3) is 0 Å². The Morgan fingerprint density at radius 1 is 1.38 bits per heavy atom. The molecule has 1 amide bonds. The van der Waals surface area contributed by atoms with Crippen LogP contribution in [0.15, 0.2) is 0 Å². The van der Waals surface area contributed by atoms with Gasteiger partial charge in [0.25, 0.3) is 0 Å². The van der Waals surface area contributed by atoms with Crippen LogP contribution < -0.4 is 15.4 Å². The average molecular weight is 314 g/mol. The Morgan fingerprint density at radius 2 is 2.10 bits per heavy atom. The maximum atomic E-state index is 11.3. The van der Waals surface area contributed by atoms with E-state index in [-0.39, 0.29) is 23.9 Å². The SMILES string of the molecule is CCCOc1nc(Cl)nc(N(CC(N)=O)C2CCCC2)n1. The maximum absolute atomic E-state index is 11.3. The van der Waals surface area contributed by atoms with Crippen LogP contribution in [0, 0.1) is 0 Å². The predicted octanol–water partition coefficient (Wildman–Crippen LogP) is 1.55. The number of primary amides is 1. The number of amides is 1. The second kappa shape index (κ2) is 7.40. The molecule has 1 aromatic heterocycles. The van der Waals surface area contributed by atoms with E-state index in [0.717, 1.165) is 32.1 Å². The summed E-state index contributed by atoms with van der Waals surface area (Å²) in [6.45, 7) is 2.55. The minimum Gasteiger partial charge on any atom is -0.463 e. The minimum absolute atomic E-state index is 0.0542. The van der Waals surface area contributed by atoms with E-state index >= 15 is 0 Å². The first-order valence-corrected chi connectivity index (χ1v) is 7.57. The molecule has 0 bridgehead atoms. The van der Waals surface area contributed by atoms with Crippen LogP contribution in [-0.2, 0) is 4.79 Å². The molecule has 0 atom stereocenters. The fourth-order valence-corrected chi connectivity index (χ4v) is 2.60. The van der Waals surface area contributed by atoms with E-state index in [2.05, 4.69) is 15.0 Å². The lowest BCUT2D eigenvalue weighted by Crippen LogP contribution is -2.41. The molecule has 7 nitrogen and oxygen atoms in total. The molecule has 0 spiro atoms. The summed E-state index contributed by atoms with van der Waals surface area (Å²) in [5, 5.41) is 0.0542. The molecule has 0 aromatic carbocycles. The third kappa shape index (κ3) is 4.42. The lowest BCUT2D eigenvalue weighted by molar-refractivity contribution is -0.116. The van der Waals surface area contributed by atoms with Crippen molar-refractivity contribution in [2.75, 3.05) is 18.1 Å². The summed E-state index contributed by atoms with van der Waals surface area (Å²) >= 11 is 5.93. The van der Waals surface area contributed by atoms with Crippen LogP contribution >= 0.6 is 11.6 Å². The average Bonchev–Trinajstić information content (AvgIpc) is 2.95. The molecule has 116 valence electrons. The standard InChI is InChI=1S/C13H20ClN5O2/c1-2-7-21-13-17-11(14)16-12(18-13)19(8-10(15)20)9-5-3-4-6-9/h9H,2-8H2,1H3,(H2,15,20). The molecule has 1 aliphatic rings. The number of hydrogen-bond donors (Lipinski definition) is 1. The zero-order chi connectivity index (χ0) is 15.2. The highest BCUT2D eigenvalue weighted by atomic mass is 35.5. The molecule has 1 aromatic rings. The van der Waals surface area contributed by atoms with Crippen molar-refractivity contribution in [2.24, 2.45) is 5.73 Å². The summed E-state index contributed by atoms with van der Waals surface area (Å²) in [5.41, 5.74) is 5.34. The van der Waals surface area contributed by atoms with Gasteiger partial charge in [0.1, 0.15) is 0 Å². The van der Waals surface area contributed by atoms with Crippen molar-refractivity contribution < 1.29 is 9.53 Å². The van der Waals surface area contributed by atoms with Crippen molar-refractivity contribution in [2.45, 2.75) is 45.1 Å². The van der Waals surface area contributed by atoms with Crippen molar-refractivity contribution in [3.63, 3.8) is 0 Å². The quantitative estimate of drug-likeness (QED) is 0.820. The van der Waals surface area contributed by atoms with E-state index in [0.29, 0.717) is 12.6 Å². The van der Waals surface area contributed by atoms with Crippen molar-refractivity contribution in [3.8, 4) is 6.01 Å². The molecule has 1 heterocycles. The first kappa shape index (κ1) is 15.8. The number of nitrogens with two attached hydrogens (primary N) is 1. The molecule has 0 radical (unpaired) electrons. The van der Waals surface area contributed by atoms with Crippen molar-refractivity contribution in [1.82, 2.24) is 15.0 Å². The Morgan fingerprint density at radius 3 is 2.71 bits per heavy atom. The van der Waals surface area contributed by atoms with Crippen LogP contribution in [0.5, 0.6) is 6.01 Å². The van der Waals surface area contributed by atoms with E-state index in [4.69, 9.17) is 22.1 Å². The lowest BCUT2D eigenvalue weighted by atomic mass is 10.2. The second-order valence-corrected chi connectivity index (χ2v) is 5.41. The van der Waals surface area contributed by atoms with Gasteiger partial charge in [0.15, 0.2) is 0 Å². The molecule has 2 N–H and O–H groups in total. The van der Waals surface area contributed by atoms with Crippen molar-refractivity contribution in [1.29, 1.82) is 0 Å². The van der Waals surface area contributed by atoms with Gasteiger partial charge in [-0.05, 0) is 30.9 Å². The summed E-state index contributed by atoms with van der Waals surface area (Å²) in [7, 11) is 0. The van der Waals surface area contributed by atoms with Gasteiger partial charge in [0.2, 0.25) is 17.1 Å². The molecule has 0 saturated heterocycles. The van der Waals surface area contributed by atoms with Crippen LogP contribution in [-0.4, -0.2) is 40.1 Å². The van der Waals surface area contributed by atoms with Crippen LogP contribution in [0.4, 0.5) is 5.95 Å². The fourth-order valence-electron chi connectivity index (χ4n) is 2.46. The van der Waals surface area contributed by atoms with Crippen LogP contribution in [0.1, 0.15) is 39.0 Å². The highest BCUT2D eigenvalue weighted by Gasteiger charge is 2.27. The fraction of sp³-hybridized carbons (Fsp3) is 0.692. The molecular weight excluding hydrogens is 294 g/mol. The van der Waals surface area contributed by atoms with E-state index in [1.807, 2.05) is 11.8 Å². The van der Waals surface area contributed by atoms with E-state index in [1.165, 1.54) is 0 Å². The number of ether oxygens (including phenoxy) is 1. The highest BCUT2D eigenvalue weighted by molar-refractivity contribution is 6.28. The molecule has 2 rings (SSSR count). The van der Waals surface area contributed by atoms with E-state index in [1.54, 1.807) is 0 Å². The van der Waals surface area contributed by atoms with Crippen molar-refractivity contribution >= 4 is 23.5 Å². The number of aromatic nitrogens is 3. The number of hydrogen-bond acceptors (Lipinski definition) is 6. The van der Waals surface area contributed by atoms with E-state index in [9.17, 15) is 4.79 Å². The summed E-state index contributed by atoms with van der Waals surface area (Å²) in [4.78, 5) is 25.5. The lowest BCUT2D eigenvalue weighted by Gasteiger charge is -2.27. The van der Waals surface area contributed by atoms with Gasteiger partial charge < -0.3 is 15.4 Å². The number of nitrogens with zero attached hydrogens (tertiary/aromatic N) is 4. The molecule has 21 heavy (non-hydrogen) atoms. The Bertz CT molecular complexity index is 493. The van der Waals surface area contributed by atoms with Gasteiger partial charge >= 0.3 is 6.01 Å². The Hall–Kier alpha value is -1.63. The van der Waals surface area contributed by atoms with Gasteiger partial charge in [-0.3, -0.25) is 4.79 Å². The number of rotatable bonds is 7. The zero-order valence-corrected chi connectivity index (χ0v) is 12.8. The largest absolute Gasteiger partial charge is 0.463 e. The Labute approximate surface area is 128 Å². The number of carbonyl (C=O) groups is 1. The van der Waals surface area contributed by atoms with Gasteiger partial charge in [0.05, 0.1) is 13.2 Å². The predicted molar refractivity (Wildman–Crippen MR) is 79.4 cm³/mol. The molecule has 1 saturated carbocycles. The minimum atomic E-state index is -0.422. The van der Waals surface area contributed by atoms with Gasteiger partial charge in [-0.25, -0.2) is 0 Å². The van der Waals surface area contributed by atoms with Crippen molar-refractivity contribution in [3.05, 3.63) is 5.28 Å². The molecule has 1 fully saturated rings. The first-order valence-electron chi connectivity index (χ1n) is 7.19. The first-order chi connectivity index (χ1) is 10.1. The summed E-state index contributed by atoms with van der Waals surface area (Å²) in [5.74, 6) is -0.0683. The Kier molecular flexibility index (Phi) is 5.55. The smallest absolute Gasteiger partial charge is 0.322 e. The number of carbonyl (C=O) groups excluding carboxylic acids is 1. The highest BCUT2D eigenvalue weighted by Crippen LogP contribution is 2.27. The summed E-state index contributed by atoms with van der Waals surface area (Å²) in [6.07, 6.45) is 5.06. The topological polar surface area (TPSA) is 94.2 Å². The zero-order valence-electron chi connectivity index (χ0n) is 12.1. The van der Waals surface area contributed by atoms with Crippen LogP contribution in [0.3, 0.4) is 0 Å². The van der Waals surface area contributed by atoms with Crippen LogP contribution in [0.2, 0.25) is 5.28 Å². The molecule has 1 aliphatic carbocycles. The summed E-state index contributed by atoms with van der Waals surface area (Å²) in [6, 6.07) is 0.384. The van der Waals surface area contributed by atoms with Gasteiger partial charge in [-0.1, -0.05) is 19.8 Å². The molecule has 0 aliphatic heterocycles. The molecule has 8 heteroatoms. The second-order valence-electron chi connectivity index (χ2n) is 5.07. The third-order valence-corrected chi connectivity index (χ3v) is 3.53. The molecular formula is C13H20ClN5O2. The van der Waals surface area contributed by atoms with Gasteiger partial charge in [-0.15, -0.1) is 0 Å². The Balaban J connectivity index is 2.24. The normalized spacial score (nSPS) is 15.1. The number of anilines is 1.